The van der Waals surface area contributed by atoms with Gasteiger partial charge in [0.15, 0.2) is 5.78 Å². The number of hydrogen-bond acceptors (Lipinski definition) is 5. The predicted octanol–water partition coefficient (Wildman–Crippen LogP) is 4.06. The van der Waals surface area contributed by atoms with E-state index in [0.29, 0.717) is 24.2 Å². The largest absolute Gasteiger partial charge is 0.481 e. The lowest BCUT2D eigenvalue weighted by Gasteiger charge is -2.60. The fourth-order valence-corrected chi connectivity index (χ4v) is 7.10. The molecule has 33 heavy (non-hydrogen) atoms. The van der Waals surface area contributed by atoms with Gasteiger partial charge in [0, 0.05) is 24.7 Å². The molecule has 4 N–H and O–H groups in total. The minimum absolute atomic E-state index is 0.0761. The van der Waals surface area contributed by atoms with Gasteiger partial charge in [-0.1, -0.05) is 33.3 Å². The summed E-state index contributed by atoms with van der Waals surface area (Å²) in [6.07, 6.45) is 9.05. The van der Waals surface area contributed by atoms with Gasteiger partial charge in [-0.3, -0.25) is 14.4 Å². The Morgan fingerprint density at radius 2 is 1.61 bits per heavy atom. The van der Waals surface area contributed by atoms with Crippen molar-refractivity contribution in [1.29, 1.82) is 0 Å². The summed E-state index contributed by atoms with van der Waals surface area (Å²) in [5.41, 5.74) is 1.13. The maximum atomic E-state index is 12.0. The molecule has 7 heteroatoms. The van der Waals surface area contributed by atoms with Crippen LogP contribution in [0.2, 0.25) is 0 Å². The van der Waals surface area contributed by atoms with Crippen LogP contribution in [-0.2, 0) is 14.4 Å². The summed E-state index contributed by atoms with van der Waals surface area (Å²) in [6.45, 7) is 7.84. The first-order valence-corrected chi connectivity index (χ1v) is 12.4. The second kappa shape index (κ2) is 11.1. The molecule has 0 saturated heterocycles. The number of aliphatic hydroxyl groups excluding tert-OH is 2. The van der Waals surface area contributed by atoms with Gasteiger partial charge < -0.3 is 20.4 Å². The zero-order valence-electron chi connectivity index (χ0n) is 20.5. The molecule has 0 aromatic carbocycles. The van der Waals surface area contributed by atoms with E-state index < -0.39 is 11.9 Å². The molecule has 0 bridgehead atoms. The molecule has 0 aliphatic heterocycles. The average Bonchev–Trinajstić information content (AvgIpc) is 3.08. The van der Waals surface area contributed by atoms with Crippen molar-refractivity contribution >= 4 is 17.7 Å². The number of aliphatic hydroxyl groups is 2. The second-order valence-corrected chi connectivity index (χ2v) is 10.5. The number of carboxylic acids is 2. The Kier molecular flexibility index (Phi) is 9.28. The molecule has 3 saturated carbocycles. The Labute approximate surface area is 197 Å². The van der Waals surface area contributed by atoms with Gasteiger partial charge in [-0.15, -0.1) is 0 Å². The van der Waals surface area contributed by atoms with Gasteiger partial charge >= 0.3 is 11.9 Å². The molecule has 7 atom stereocenters. The molecule has 7 nitrogen and oxygen atoms in total. The molecule has 0 amide bonds. The Morgan fingerprint density at radius 1 is 1.03 bits per heavy atom. The fraction of sp³-hybridized carbons (Fsp3) is 0.808. The van der Waals surface area contributed by atoms with Gasteiger partial charge in [-0.2, -0.15) is 0 Å². The van der Waals surface area contributed by atoms with Gasteiger partial charge in [0.25, 0.3) is 0 Å². The molecule has 4 rings (SSSR count). The summed E-state index contributed by atoms with van der Waals surface area (Å²) in [5.74, 6) is 0.668. The zero-order valence-corrected chi connectivity index (χ0v) is 20.5. The zero-order chi connectivity index (χ0) is 25.0. The van der Waals surface area contributed by atoms with E-state index >= 15 is 0 Å². The third-order valence-corrected chi connectivity index (χ3v) is 8.98. The van der Waals surface area contributed by atoms with Gasteiger partial charge in [0.2, 0.25) is 0 Å². The van der Waals surface area contributed by atoms with Crippen LogP contribution in [0.25, 0.3) is 0 Å². The highest BCUT2D eigenvalue weighted by molar-refractivity contribution is 5.92. The first-order chi connectivity index (χ1) is 15.5. The highest BCUT2D eigenvalue weighted by Crippen LogP contribution is 2.66. The van der Waals surface area contributed by atoms with E-state index in [1.165, 1.54) is 5.57 Å². The lowest BCUT2D eigenvalue weighted by Crippen LogP contribution is -2.56. The number of carbonyl (C=O) groups is 3. The number of aliphatic carboxylic acids is 2. The summed E-state index contributed by atoms with van der Waals surface area (Å²) in [4.78, 5) is 30.8. The first kappa shape index (κ1) is 27.5. The lowest BCUT2D eigenvalue weighted by atomic mass is 9.45. The number of ketones is 1. The van der Waals surface area contributed by atoms with Crippen LogP contribution in [0.1, 0.15) is 85.5 Å². The SMILES string of the molecule is CCC(=O)O.CCC(=O)O.C[C@H]1CC(=O)C=C2CC[C@H]3[C@@H]4CC[C@H](O)[C@@]4(C)CC[C@@H]3[C@]21CO. The van der Waals surface area contributed by atoms with Crippen molar-refractivity contribution in [2.24, 2.45) is 34.5 Å². The van der Waals surface area contributed by atoms with Crippen molar-refractivity contribution in [2.75, 3.05) is 6.61 Å². The summed E-state index contributed by atoms with van der Waals surface area (Å²) >= 11 is 0. The van der Waals surface area contributed by atoms with E-state index in [2.05, 4.69) is 13.8 Å². The molecule has 0 aromatic heterocycles. The highest BCUT2D eigenvalue weighted by atomic mass is 16.4. The van der Waals surface area contributed by atoms with Crippen molar-refractivity contribution in [2.45, 2.75) is 91.6 Å². The predicted molar refractivity (Wildman–Crippen MR) is 125 cm³/mol. The van der Waals surface area contributed by atoms with Crippen LogP contribution in [0.4, 0.5) is 0 Å². The van der Waals surface area contributed by atoms with Gasteiger partial charge in [-0.25, -0.2) is 0 Å². The van der Waals surface area contributed by atoms with Crippen molar-refractivity contribution in [3.63, 3.8) is 0 Å². The molecule has 0 spiro atoms. The molecule has 0 aromatic rings. The minimum atomic E-state index is -0.745. The molecular formula is C26H42O7. The van der Waals surface area contributed by atoms with E-state index in [9.17, 15) is 24.6 Å². The minimum Gasteiger partial charge on any atom is -0.481 e. The Bertz CT molecular complexity index is 746. The quantitative estimate of drug-likeness (QED) is 0.493. The topological polar surface area (TPSA) is 132 Å². The Morgan fingerprint density at radius 3 is 2.12 bits per heavy atom. The van der Waals surface area contributed by atoms with Crippen molar-refractivity contribution in [3.8, 4) is 0 Å². The first-order valence-electron chi connectivity index (χ1n) is 12.4. The maximum absolute atomic E-state index is 12.0. The third kappa shape index (κ3) is 5.35. The number of carbonyl (C=O) groups excluding carboxylic acids is 1. The van der Waals surface area contributed by atoms with Crippen LogP contribution in [0.15, 0.2) is 11.6 Å². The number of rotatable bonds is 3. The third-order valence-electron chi connectivity index (χ3n) is 8.98. The normalized spacial score (nSPS) is 38.8. The molecule has 0 unspecified atom stereocenters. The number of fused-ring (bicyclic) bond motifs is 5. The molecule has 4 aliphatic carbocycles. The van der Waals surface area contributed by atoms with Crippen molar-refractivity contribution < 1.29 is 34.8 Å². The summed E-state index contributed by atoms with van der Waals surface area (Å²) in [7, 11) is 0. The fourth-order valence-electron chi connectivity index (χ4n) is 7.10. The monoisotopic (exact) mass is 466 g/mol. The van der Waals surface area contributed by atoms with E-state index in [4.69, 9.17) is 10.2 Å². The average molecular weight is 467 g/mol. The van der Waals surface area contributed by atoms with E-state index in [-0.39, 0.29) is 48.1 Å². The molecule has 188 valence electrons. The molecule has 4 aliphatic rings. The summed E-state index contributed by atoms with van der Waals surface area (Å²) < 4.78 is 0. The Hall–Kier alpha value is -1.73. The summed E-state index contributed by atoms with van der Waals surface area (Å²) in [6, 6.07) is 0. The molecule has 0 heterocycles. The number of hydrogen-bond donors (Lipinski definition) is 4. The highest BCUT2D eigenvalue weighted by Gasteiger charge is 2.61. The Balaban J connectivity index is 0.000000327. The van der Waals surface area contributed by atoms with E-state index in [0.717, 1.165) is 38.5 Å². The van der Waals surface area contributed by atoms with Crippen LogP contribution in [0.5, 0.6) is 0 Å². The smallest absolute Gasteiger partial charge is 0.303 e. The van der Waals surface area contributed by atoms with Crippen LogP contribution < -0.4 is 0 Å². The van der Waals surface area contributed by atoms with Gasteiger partial charge in [0.1, 0.15) is 0 Å². The maximum Gasteiger partial charge on any atom is 0.303 e. The summed E-state index contributed by atoms with van der Waals surface area (Å²) in [5, 5.41) is 36.4. The van der Waals surface area contributed by atoms with Crippen molar-refractivity contribution in [3.05, 3.63) is 11.6 Å². The van der Waals surface area contributed by atoms with Crippen molar-refractivity contribution in [1.82, 2.24) is 0 Å². The van der Waals surface area contributed by atoms with Crippen LogP contribution >= 0.6 is 0 Å². The lowest BCUT2D eigenvalue weighted by molar-refractivity contribution is -0.137. The molecule has 0 radical (unpaired) electrons. The molecular weight excluding hydrogens is 424 g/mol. The molecule has 3 fully saturated rings. The van der Waals surface area contributed by atoms with Gasteiger partial charge in [-0.05, 0) is 73.7 Å². The van der Waals surface area contributed by atoms with Gasteiger partial charge in [0.05, 0.1) is 12.7 Å². The van der Waals surface area contributed by atoms with Crippen LogP contribution in [0, 0.1) is 34.5 Å². The second-order valence-electron chi connectivity index (χ2n) is 10.5. The number of carboxylic acid groups (broad SMARTS) is 2. The van der Waals surface area contributed by atoms with Crippen LogP contribution in [-0.4, -0.2) is 50.9 Å². The standard InChI is InChI=1S/C20H30O3.2C3H6O2/c1-12-9-14(22)10-13-3-4-15-16-5-6-18(23)19(16,2)8-7-17(15)20(12,13)11-21;2*1-2-3(4)5/h10,12,15-18,21,23H,3-9,11H2,1-2H3;2*2H2,1H3,(H,4,5)/t12-,15-,16-,17-,18-,19-,20-;;/m0../s1. The van der Waals surface area contributed by atoms with E-state index in [1.54, 1.807) is 13.8 Å². The van der Waals surface area contributed by atoms with E-state index in [1.807, 2.05) is 6.08 Å². The van der Waals surface area contributed by atoms with Crippen LogP contribution in [0.3, 0.4) is 0 Å².